The van der Waals surface area contributed by atoms with Gasteiger partial charge in [0, 0.05) is 11.6 Å². The van der Waals surface area contributed by atoms with Gasteiger partial charge in [0.1, 0.15) is 0 Å². The topological polar surface area (TPSA) is 29.1 Å². The van der Waals surface area contributed by atoms with Gasteiger partial charge >= 0.3 is 0 Å². The third-order valence-electron chi connectivity index (χ3n) is 2.61. The second-order valence-electron chi connectivity index (χ2n) is 4.07. The SMILES string of the molecule is O=C(Cc1ccccc1)NCc1ccc(Cl)cc1. The summed E-state index contributed by atoms with van der Waals surface area (Å²) in [6.45, 7) is 0.531. The van der Waals surface area contributed by atoms with Crippen molar-refractivity contribution in [1.29, 1.82) is 0 Å². The summed E-state index contributed by atoms with van der Waals surface area (Å²) in [6, 6.07) is 17.2. The molecule has 2 nitrogen and oxygen atoms in total. The van der Waals surface area contributed by atoms with Crippen LogP contribution in [-0.4, -0.2) is 5.91 Å². The normalized spacial score (nSPS) is 10.1. The van der Waals surface area contributed by atoms with Crippen LogP contribution in [0.2, 0.25) is 5.02 Å². The minimum absolute atomic E-state index is 0.0242. The van der Waals surface area contributed by atoms with Gasteiger partial charge in [0.15, 0.2) is 0 Å². The Labute approximate surface area is 112 Å². The Morgan fingerprint density at radius 2 is 1.61 bits per heavy atom. The first-order valence-corrected chi connectivity index (χ1v) is 6.17. The fraction of sp³-hybridized carbons (Fsp3) is 0.133. The monoisotopic (exact) mass is 259 g/mol. The quantitative estimate of drug-likeness (QED) is 0.898. The predicted octanol–water partition coefficient (Wildman–Crippen LogP) is 3.20. The van der Waals surface area contributed by atoms with E-state index in [0.717, 1.165) is 11.1 Å². The van der Waals surface area contributed by atoms with Crippen LogP contribution in [0.25, 0.3) is 0 Å². The highest BCUT2D eigenvalue weighted by molar-refractivity contribution is 6.30. The van der Waals surface area contributed by atoms with Crippen LogP contribution in [0.3, 0.4) is 0 Å². The lowest BCUT2D eigenvalue weighted by atomic mass is 10.1. The lowest BCUT2D eigenvalue weighted by Gasteiger charge is -2.05. The highest BCUT2D eigenvalue weighted by Gasteiger charge is 2.02. The third kappa shape index (κ3) is 3.90. The van der Waals surface area contributed by atoms with Crippen LogP contribution in [0.1, 0.15) is 11.1 Å². The molecule has 18 heavy (non-hydrogen) atoms. The Bertz CT molecular complexity index is 508. The van der Waals surface area contributed by atoms with E-state index in [1.165, 1.54) is 0 Å². The zero-order valence-electron chi connectivity index (χ0n) is 9.90. The summed E-state index contributed by atoms with van der Waals surface area (Å²) in [7, 11) is 0. The van der Waals surface area contributed by atoms with E-state index < -0.39 is 0 Å². The van der Waals surface area contributed by atoms with Crippen molar-refractivity contribution in [2.75, 3.05) is 0 Å². The molecule has 2 aromatic carbocycles. The molecule has 3 heteroatoms. The van der Waals surface area contributed by atoms with Crippen molar-refractivity contribution in [3.63, 3.8) is 0 Å². The van der Waals surface area contributed by atoms with Crippen molar-refractivity contribution in [3.05, 3.63) is 70.7 Å². The Morgan fingerprint density at radius 1 is 0.944 bits per heavy atom. The molecule has 0 heterocycles. The zero-order chi connectivity index (χ0) is 12.8. The van der Waals surface area contributed by atoms with Gasteiger partial charge in [-0.1, -0.05) is 54.1 Å². The maximum absolute atomic E-state index is 11.7. The fourth-order valence-corrected chi connectivity index (χ4v) is 1.77. The van der Waals surface area contributed by atoms with Gasteiger partial charge in [0.25, 0.3) is 0 Å². The molecule has 0 unspecified atom stereocenters. The lowest BCUT2D eigenvalue weighted by Crippen LogP contribution is -2.24. The molecule has 0 aromatic heterocycles. The summed E-state index contributed by atoms with van der Waals surface area (Å²) >= 11 is 5.79. The van der Waals surface area contributed by atoms with Gasteiger partial charge < -0.3 is 5.32 Å². The second-order valence-corrected chi connectivity index (χ2v) is 4.50. The second kappa shape index (κ2) is 6.22. The molecule has 0 spiro atoms. The summed E-state index contributed by atoms with van der Waals surface area (Å²) in [5.74, 6) is 0.0242. The molecule has 0 saturated heterocycles. The molecule has 2 aromatic rings. The number of hydrogen-bond donors (Lipinski definition) is 1. The van der Waals surface area contributed by atoms with Gasteiger partial charge in [-0.3, -0.25) is 4.79 Å². The number of carbonyl (C=O) groups is 1. The smallest absolute Gasteiger partial charge is 0.224 e. The first kappa shape index (κ1) is 12.7. The minimum Gasteiger partial charge on any atom is -0.352 e. The summed E-state index contributed by atoms with van der Waals surface area (Å²) in [4.78, 5) is 11.7. The molecule has 0 bridgehead atoms. The van der Waals surface area contributed by atoms with Crippen LogP contribution in [-0.2, 0) is 17.8 Å². The summed E-state index contributed by atoms with van der Waals surface area (Å²) < 4.78 is 0. The van der Waals surface area contributed by atoms with Crippen LogP contribution >= 0.6 is 11.6 Å². The van der Waals surface area contributed by atoms with Crippen molar-refractivity contribution in [1.82, 2.24) is 5.32 Å². The summed E-state index contributed by atoms with van der Waals surface area (Å²) in [6.07, 6.45) is 0.411. The van der Waals surface area contributed by atoms with E-state index in [0.29, 0.717) is 18.0 Å². The maximum atomic E-state index is 11.7. The fourth-order valence-electron chi connectivity index (χ4n) is 1.65. The number of rotatable bonds is 4. The van der Waals surface area contributed by atoms with Crippen molar-refractivity contribution < 1.29 is 4.79 Å². The number of benzene rings is 2. The molecule has 2 rings (SSSR count). The number of carbonyl (C=O) groups excluding carboxylic acids is 1. The summed E-state index contributed by atoms with van der Waals surface area (Å²) in [5.41, 5.74) is 2.06. The first-order chi connectivity index (χ1) is 8.74. The largest absolute Gasteiger partial charge is 0.352 e. The highest BCUT2D eigenvalue weighted by Crippen LogP contribution is 2.09. The molecule has 0 aliphatic heterocycles. The third-order valence-corrected chi connectivity index (χ3v) is 2.86. The molecule has 0 radical (unpaired) electrons. The minimum atomic E-state index is 0.0242. The molecule has 0 saturated carbocycles. The van der Waals surface area contributed by atoms with E-state index in [4.69, 9.17) is 11.6 Å². The molecule has 0 aliphatic carbocycles. The van der Waals surface area contributed by atoms with Crippen LogP contribution in [0.4, 0.5) is 0 Å². The molecule has 0 aliphatic rings. The Hall–Kier alpha value is -1.80. The molecule has 1 amide bonds. The van der Waals surface area contributed by atoms with Crippen molar-refractivity contribution in [3.8, 4) is 0 Å². The van der Waals surface area contributed by atoms with E-state index in [9.17, 15) is 4.79 Å². The summed E-state index contributed by atoms with van der Waals surface area (Å²) in [5, 5.41) is 3.59. The molecular weight excluding hydrogens is 246 g/mol. The molecule has 1 N–H and O–H groups in total. The number of nitrogens with one attached hydrogen (secondary N) is 1. The number of amides is 1. The van der Waals surface area contributed by atoms with Gasteiger partial charge in [0.2, 0.25) is 5.91 Å². The van der Waals surface area contributed by atoms with Gasteiger partial charge in [0.05, 0.1) is 6.42 Å². The van der Waals surface area contributed by atoms with Crippen molar-refractivity contribution in [2.45, 2.75) is 13.0 Å². The van der Waals surface area contributed by atoms with E-state index >= 15 is 0 Å². The van der Waals surface area contributed by atoms with Crippen LogP contribution < -0.4 is 5.32 Å². The van der Waals surface area contributed by atoms with Gasteiger partial charge in [-0.25, -0.2) is 0 Å². The van der Waals surface area contributed by atoms with Crippen molar-refractivity contribution >= 4 is 17.5 Å². The van der Waals surface area contributed by atoms with Crippen LogP contribution in [0.15, 0.2) is 54.6 Å². The van der Waals surface area contributed by atoms with Gasteiger partial charge in [-0.15, -0.1) is 0 Å². The van der Waals surface area contributed by atoms with Crippen LogP contribution in [0, 0.1) is 0 Å². The number of halogens is 1. The molecule has 0 fully saturated rings. The Balaban J connectivity index is 1.83. The highest BCUT2D eigenvalue weighted by atomic mass is 35.5. The maximum Gasteiger partial charge on any atom is 0.224 e. The number of hydrogen-bond acceptors (Lipinski definition) is 1. The Kier molecular flexibility index (Phi) is 4.37. The standard InChI is InChI=1S/C15H14ClNO/c16-14-8-6-13(7-9-14)11-17-15(18)10-12-4-2-1-3-5-12/h1-9H,10-11H2,(H,17,18). The van der Waals surface area contributed by atoms with E-state index in [2.05, 4.69) is 5.32 Å². The first-order valence-electron chi connectivity index (χ1n) is 5.79. The van der Waals surface area contributed by atoms with Gasteiger partial charge in [-0.2, -0.15) is 0 Å². The predicted molar refractivity (Wildman–Crippen MR) is 73.4 cm³/mol. The van der Waals surface area contributed by atoms with Crippen LogP contribution in [0.5, 0.6) is 0 Å². The molecule has 0 atom stereocenters. The van der Waals surface area contributed by atoms with Gasteiger partial charge in [-0.05, 0) is 23.3 Å². The van der Waals surface area contributed by atoms with E-state index in [1.807, 2.05) is 54.6 Å². The zero-order valence-corrected chi connectivity index (χ0v) is 10.7. The van der Waals surface area contributed by atoms with E-state index in [-0.39, 0.29) is 5.91 Å². The Morgan fingerprint density at radius 3 is 2.28 bits per heavy atom. The van der Waals surface area contributed by atoms with E-state index in [1.54, 1.807) is 0 Å². The molecule has 92 valence electrons. The average molecular weight is 260 g/mol. The molecular formula is C15H14ClNO. The van der Waals surface area contributed by atoms with Crippen molar-refractivity contribution in [2.24, 2.45) is 0 Å². The average Bonchev–Trinajstić information content (AvgIpc) is 2.39. The lowest BCUT2D eigenvalue weighted by molar-refractivity contribution is -0.120.